The average molecular weight is 142 g/mol. The van der Waals surface area contributed by atoms with E-state index in [1.165, 1.54) is 6.42 Å². The quantitative estimate of drug-likeness (QED) is 0.596. The molecule has 0 radical (unpaired) electrons. The molecular weight excluding hydrogens is 128 g/mol. The number of aliphatic hydroxyl groups is 1. The third-order valence-electron chi connectivity index (χ3n) is 2.45. The summed E-state index contributed by atoms with van der Waals surface area (Å²) in [5.74, 6) is 0.882. The number of rotatable bonds is 3. The maximum Gasteiger partial charge on any atom is 0.120 e. The molecule has 1 rings (SSSR count). The zero-order valence-corrected chi connectivity index (χ0v) is 6.12. The first-order valence-corrected chi connectivity index (χ1v) is 3.93. The molecule has 0 aliphatic heterocycles. The molecule has 1 fully saturated rings. The van der Waals surface area contributed by atoms with Gasteiger partial charge in [0.15, 0.2) is 0 Å². The molecule has 0 aromatic rings. The molecule has 2 nitrogen and oxygen atoms in total. The van der Waals surface area contributed by atoms with Crippen LogP contribution in [0, 0.1) is 11.8 Å². The van der Waals surface area contributed by atoms with E-state index < -0.39 is 0 Å². The zero-order chi connectivity index (χ0) is 7.40. The lowest BCUT2D eigenvalue weighted by Gasteiger charge is -2.12. The molecule has 0 spiro atoms. The van der Waals surface area contributed by atoms with Gasteiger partial charge in [0.1, 0.15) is 6.29 Å². The number of hydrogen-bond donors (Lipinski definition) is 1. The maximum absolute atomic E-state index is 10.1. The van der Waals surface area contributed by atoms with Crippen LogP contribution in [0.4, 0.5) is 0 Å². The van der Waals surface area contributed by atoms with E-state index in [0.717, 1.165) is 19.1 Å². The standard InChI is InChI=1S/C8H14O2/c9-5-4-7-2-1-3-8(7)6-10/h5,7-8,10H,1-4,6H2/t7-,8?/m1/s1. The van der Waals surface area contributed by atoms with Crippen LogP contribution in [0.3, 0.4) is 0 Å². The van der Waals surface area contributed by atoms with E-state index in [-0.39, 0.29) is 6.61 Å². The summed E-state index contributed by atoms with van der Waals surface area (Å²) < 4.78 is 0. The Balaban J connectivity index is 2.34. The van der Waals surface area contributed by atoms with Gasteiger partial charge in [-0.05, 0) is 24.7 Å². The smallest absolute Gasteiger partial charge is 0.120 e. The van der Waals surface area contributed by atoms with E-state index in [9.17, 15) is 4.79 Å². The molecule has 1 aliphatic rings. The predicted molar refractivity (Wildman–Crippen MR) is 38.6 cm³/mol. The van der Waals surface area contributed by atoms with Gasteiger partial charge in [0, 0.05) is 13.0 Å². The highest BCUT2D eigenvalue weighted by Crippen LogP contribution is 2.32. The zero-order valence-electron chi connectivity index (χ0n) is 6.12. The van der Waals surface area contributed by atoms with Crippen LogP contribution in [-0.2, 0) is 4.79 Å². The van der Waals surface area contributed by atoms with Crippen molar-refractivity contribution in [1.29, 1.82) is 0 Å². The molecule has 1 saturated carbocycles. The molecule has 0 saturated heterocycles. The molecule has 1 aliphatic carbocycles. The largest absolute Gasteiger partial charge is 0.396 e. The molecule has 2 heteroatoms. The van der Waals surface area contributed by atoms with Crippen molar-refractivity contribution in [2.24, 2.45) is 11.8 Å². The number of carbonyl (C=O) groups is 1. The van der Waals surface area contributed by atoms with Gasteiger partial charge in [-0.1, -0.05) is 6.42 Å². The first-order valence-electron chi connectivity index (χ1n) is 3.93. The average Bonchev–Trinajstić information content (AvgIpc) is 2.36. The monoisotopic (exact) mass is 142 g/mol. The highest BCUT2D eigenvalue weighted by molar-refractivity contribution is 5.49. The minimum atomic E-state index is 0.262. The summed E-state index contributed by atoms with van der Waals surface area (Å²) in [7, 11) is 0. The van der Waals surface area contributed by atoms with Crippen molar-refractivity contribution in [3.05, 3.63) is 0 Å². The first-order chi connectivity index (χ1) is 4.88. The topological polar surface area (TPSA) is 37.3 Å². The molecule has 10 heavy (non-hydrogen) atoms. The van der Waals surface area contributed by atoms with Gasteiger partial charge in [0.05, 0.1) is 0 Å². The van der Waals surface area contributed by atoms with E-state index in [0.29, 0.717) is 18.3 Å². The summed E-state index contributed by atoms with van der Waals surface area (Å²) in [6.45, 7) is 0.262. The number of carbonyl (C=O) groups excluding carboxylic acids is 1. The molecule has 0 aromatic carbocycles. The summed E-state index contributed by atoms with van der Waals surface area (Å²) in [4.78, 5) is 10.1. The minimum absolute atomic E-state index is 0.262. The van der Waals surface area contributed by atoms with Crippen molar-refractivity contribution < 1.29 is 9.90 Å². The highest BCUT2D eigenvalue weighted by Gasteiger charge is 2.25. The second kappa shape index (κ2) is 3.71. The van der Waals surface area contributed by atoms with Gasteiger partial charge in [-0.3, -0.25) is 0 Å². The fraction of sp³-hybridized carbons (Fsp3) is 0.875. The van der Waals surface area contributed by atoms with Gasteiger partial charge in [-0.25, -0.2) is 0 Å². The van der Waals surface area contributed by atoms with Crippen LogP contribution >= 0.6 is 0 Å². The van der Waals surface area contributed by atoms with Crippen LogP contribution in [0.2, 0.25) is 0 Å². The predicted octanol–water partition coefficient (Wildman–Crippen LogP) is 0.984. The Morgan fingerprint density at radius 3 is 2.70 bits per heavy atom. The molecule has 0 bridgehead atoms. The van der Waals surface area contributed by atoms with Crippen LogP contribution < -0.4 is 0 Å². The molecule has 1 unspecified atom stereocenters. The molecule has 0 aromatic heterocycles. The second-order valence-electron chi connectivity index (χ2n) is 3.04. The SMILES string of the molecule is O=CC[C@H]1CCCC1CO. The molecule has 1 N–H and O–H groups in total. The molecule has 0 amide bonds. The van der Waals surface area contributed by atoms with Gasteiger partial charge < -0.3 is 9.90 Å². The Bertz CT molecular complexity index is 112. The lowest BCUT2D eigenvalue weighted by Crippen LogP contribution is -2.12. The summed E-state index contributed by atoms with van der Waals surface area (Å²) in [5, 5.41) is 8.85. The molecule has 2 atom stereocenters. The van der Waals surface area contributed by atoms with Crippen molar-refractivity contribution in [1.82, 2.24) is 0 Å². The fourth-order valence-corrected chi connectivity index (χ4v) is 1.79. The Kier molecular flexibility index (Phi) is 2.87. The van der Waals surface area contributed by atoms with Crippen molar-refractivity contribution in [3.63, 3.8) is 0 Å². The molecule has 0 heterocycles. The van der Waals surface area contributed by atoms with Crippen LogP contribution in [0.1, 0.15) is 25.7 Å². The van der Waals surface area contributed by atoms with Crippen molar-refractivity contribution in [3.8, 4) is 0 Å². The van der Waals surface area contributed by atoms with Gasteiger partial charge in [-0.2, -0.15) is 0 Å². The summed E-state index contributed by atoms with van der Waals surface area (Å²) in [5.41, 5.74) is 0. The first kappa shape index (κ1) is 7.73. The van der Waals surface area contributed by atoms with Crippen LogP contribution in [0.5, 0.6) is 0 Å². The second-order valence-corrected chi connectivity index (χ2v) is 3.04. The maximum atomic E-state index is 10.1. The number of aliphatic hydroxyl groups excluding tert-OH is 1. The van der Waals surface area contributed by atoms with E-state index in [4.69, 9.17) is 5.11 Å². The van der Waals surface area contributed by atoms with Crippen molar-refractivity contribution in [2.45, 2.75) is 25.7 Å². The van der Waals surface area contributed by atoms with Gasteiger partial charge in [0.2, 0.25) is 0 Å². The van der Waals surface area contributed by atoms with Crippen LogP contribution in [0.15, 0.2) is 0 Å². The van der Waals surface area contributed by atoms with E-state index in [2.05, 4.69) is 0 Å². The van der Waals surface area contributed by atoms with Crippen LogP contribution in [-0.4, -0.2) is 18.0 Å². The fourth-order valence-electron chi connectivity index (χ4n) is 1.79. The Morgan fingerprint density at radius 1 is 1.40 bits per heavy atom. The lowest BCUT2D eigenvalue weighted by molar-refractivity contribution is -0.108. The third kappa shape index (κ3) is 1.57. The van der Waals surface area contributed by atoms with Gasteiger partial charge in [-0.15, -0.1) is 0 Å². The Morgan fingerprint density at radius 2 is 2.10 bits per heavy atom. The van der Waals surface area contributed by atoms with E-state index in [1.807, 2.05) is 0 Å². The van der Waals surface area contributed by atoms with E-state index >= 15 is 0 Å². The lowest BCUT2D eigenvalue weighted by atomic mass is 9.94. The number of hydrogen-bond acceptors (Lipinski definition) is 2. The summed E-state index contributed by atoms with van der Waals surface area (Å²) in [6, 6.07) is 0. The molecule has 58 valence electrons. The molecular formula is C8H14O2. The number of aldehydes is 1. The van der Waals surface area contributed by atoms with E-state index in [1.54, 1.807) is 0 Å². The van der Waals surface area contributed by atoms with Crippen molar-refractivity contribution in [2.75, 3.05) is 6.61 Å². The summed E-state index contributed by atoms with van der Waals surface area (Å²) >= 11 is 0. The van der Waals surface area contributed by atoms with Gasteiger partial charge >= 0.3 is 0 Å². The van der Waals surface area contributed by atoms with Crippen LogP contribution in [0.25, 0.3) is 0 Å². The van der Waals surface area contributed by atoms with Crippen molar-refractivity contribution >= 4 is 6.29 Å². The minimum Gasteiger partial charge on any atom is -0.396 e. The highest BCUT2D eigenvalue weighted by atomic mass is 16.3. The third-order valence-corrected chi connectivity index (χ3v) is 2.45. The normalized spacial score (nSPS) is 32.5. The van der Waals surface area contributed by atoms with Gasteiger partial charge in [0.25, 0.3) is 0 Å². The Hall–Kier alpha value is -0.370. The summed E-state index contributed by atoms with van der Waals surface area (Å²) in [6.07, 6.45) is 5.03. The Labute approximate surface area is 61.2 Å².